The summed E-state index contributed by atoms with van der Waals surface area (Å²) in [7, 11) is 3.67. The lowest BCUT2D eigenvalue weighted by Gasteiger charge is -2.22. The van der Waals surface area contributed by atoms with Gasteiger partial charge in [-0.3, -0.25) is 0 Å². The van der Waals surface area contributed by atoms with Crippen LogP contribution in [0.3, 0.4) is 0 Å². The molecule has 7 heteroatoms. The molecule has 0 aliphatic rings. The molecule has 21 heavy (non-hydrogen) atoms. The van der Waals surface area contributed by atoms with Crippen LogP contribution in [0.15, 0.2) is 40.1 Å². The van der Waals surface area contributed by atoms with Crippen molar-refractivity contribution in [2.24, 2.45) is 0 Å². The van der Waals surface area contributed by atoms with E-state index in [0.717, 1.165) is 16.3 Å². The summed E-state index contributed by atoms with van der Waals surface area (Å²) >= 11 is 14.5. The largest absolute Gasteiger partial charge is 0.352 e. The highest BCUT2D eigenvalue weighted by atomic mass is 35.5. The third kappa shape index (κ3) is 3.77. The van der Waals surface area contributed by atoms with Crippen molar-refractivity contribution in [3.05, 3.63) is 41.2 Å². The number of thiol groups is 2. The Kier molecular flexibility index (Phi) is 5.27. The predicted molar refractivity (Wildman–Crippen MR) is 93.1 cm³/mol. The topological polar surface area (TPSA) is 27.3 Å². The fourth-order valence-corrected chi connectivity index (χ4v) is 2.48. The number of nitrogens with zero attached hydrogens (tertiary/aromatic N) is 1. The van der Waals surface area contributed by atoms with Gasteiger partial charge >= 0.3 is 0 Å². The minimum Gasteiger partial charge on any atom is -0.352 e. The van der Waals surface area contributed by atoms with E-state index in [-0.39, 0.29) is 4.90 Å². The van der Waals surface area contributed by atoms with Crippen molar-refractivity contribution >= 4 is 53.9 Å². The highest BCUT2D eigenvalue weighted by Gasteiger charge is 2.11. The molecule has 0 saturated carbocycles. The minimum atomic E-state index is -0.431. The van der Waals surface area contributed by atoms with Crippen LogP contribution in [0.5, 0.6) is 0 Å². The lowest BCUT2D eigenvalue weighted by atomic mass is 10.2. The second-order valence-electron chi connectivity index (χ2n) is 4.39. The Labute approximate surface area is 139 Å². The molecule has 2 rings (SSSR count). The Morgan fingerprint density at radius 3 is 2.52 bits per heavy atom. The third-order valence-electron chi connectivity index (χ3n) is 2.98. The summed E-state index contributed by atoms with van der Waals surface area (Å²) in [4.78, 5) is 1.03. The van der Waals surface area contributed by atoms with E-state index in [1.807, 2.05) is 30.3 Å². The molecule has 0 amide bonds. The van der Waals surface area contributed by atoms with Gasteiger partial charge in [-0.15, -0.1) is 25.3 Å². The number of nitrogens with one attached hydrogen (secondary N) is 2. The zero-order chi connectivity index (χ0) is 15.6. The fourth-order valence-electron chi connectivity index (χ4n) is 1.80. The number of rotatable bonds is 4. The minimum absolute atomic E-state index is 0.212. The predicted octanol–water partition coefficient (Wildman–Crippen LogP) is 4.37. The van der Waals surface area contributed by atoms with E-state index < -0.39 is 5.82 Å². The Morgan fingerprint density at radius 1 is 1.14 bits per heavy atom. The first-order valence-electron chi connectivity index (χ1n) is 6.11. The zero-order valence-corrected chi connectivity index (χ0v) is 14.0. The molecule has 0 aliphatic heterocycles. The molecule has 0 aliphatic carbocycles. The number of hydrogen-bond acceptors (Lipinski definition) is 5. The van der Waals surface area contributed by atoms with Crippen LogP contribution < -0.4 is 15.8 Å². The van der Waals surface area contributed by atoms with Crippen molar-refractivity contribution in [2.45, 2.75) is 9.79 Å². The molecular weight excluding hydrogens is 329 g/mol. The van der Waals surface area contributed by atoms with Crippen molar-refractivity contribution in [1.82, 2.24) is 5.43 Å². The summed E-state index contributed by atoms with van der Waals surface area (Å²) in [6.07, 6.45) is 0. The smallest absolute Gasteiger partial charge is 0.138 e. The summed E-state index contributed by atoms with van der Waals surface area (Å²) in [6, 6.07) is 8.38. The van der Waals surface area contributed by atoms with Gasteiger partial charge in [0.15, 0.2) is 0 Å². The van der Waals surface area contributed by atoms with Crippen molar-refractivity contribution in [1.29, 1.82) is 0 Å². The van der Waals surface area contributed by atoms with E-state index in [2.05, 4.69) is 36.0 Å². The van der Waals surface area contributed by atoms with Crippen molar-refractivity contribution in [2.75, 3.05) is 24.4 Å². The lowest BCUT2D eigenvalue weighted by Crippen LogP contribution is -2.30. The summed E-state index contributed by atoms with van der Waals surface area (Å²) in [5, 5.41) is 5.35. The summed E-state index contributed by atoms with van der Waals surface area (Å²) < 4.78 is 13.6. The number of anilines is 3. The zero-order valence-electron chi connectivity index (χ0n) is 11.5. The van der Waals surface area contributed by atoms with Crippen LogP contribution >= 0.6 is 36.9 Å². The first-order valence-corrected chi connectivity index (χ1v) is 7.38. The average molecular weight is 344 g/mol. The highest BCUT2D eigenvalue weighted by molar-refractivity contribution is 7.80. The molecule has 0 saturated heterocycles. The SMILES string of the molecule is CNN(C)c1cc(S)ccc1Nc1cc(F)c(S)cc1Cl. The Bertz CT molecular complexity index is 667. The molecule has 2 aromatic carbocycles. The van der Waals surface area contributed by atoms with Gasteiger partial charge in [0, 0.05) is 23.9 Å². The fraction of sp³-hybridized carbons (Fsp3) is 0.143. The monoisotopic (exact) mass is 343 g/mol. The molecule has 3 nitrogen and oxygen atoms in total. The number of hydrogen-bond donors (Lipinski definition) is 4. The molecule has 0 unspecified atom stereocenters. The van der Waals surface area contributed by atoms with Gasteiger partial charge in [-0.2, -0.15) is 0 Å². The van der Waals surface area contributed by atoms with Gasteiger partial charge in [-0.25, -0.2) is 9.82 Å². The number of benzene rings is 2. The van der Waals surface area contributed by atoms with Crippen LogP contribution in [0.2, 0.25) is 5.02 Å². The van der Waals surface area contributed by atoms with Gasteiger partial charge in [0.2, 0.25) is 0 Å². The quantitative estimate of drug-likeness (QED) is 0.490. The maximum atomic E-state index is 13.6. The summed E-state index contributed by atoms with van der Waals surface area (Å²) in [5.74, 6) is -0.431. The standard InChI is InChI=1S/C14H15ClFN3S2/c1-17-19(2)13-5-8(20)3-4-11(13)18-12-7-10(16)14(21)6-9(12)15/h3-7,17-18,20-21H,1-2H3. The first kappa shape index (κ1) is 16.3. The van der Waals surface area contributed by atoms with Crippen LogP contribution in [0, 0.1) is 5.82 Å². The molecule has 0 fully saturated rings. The Hall–Kier alpha value is -1.08. The molecule has 2 aromatic rings. The number of hydrazine groups is 1. The van der Waals surface area contributed by atoms with Crippen LogP contribution in [0.1, 0.15) is 0 Å². The normalized spacial score (nSPS) is 10.6. The number of halogens is 2. The van der Waals surface area contributed by atoms with Gasteiger partial charge in [0.1, 0.15) is 5.82 Å². The molecule has 0 aromatic heterocycles. The van der Waals surface area contributed by atoms with Gasteiger partial charge in [-0.1, -0.05) is 11.6 Å². The van der Waals surface area contributed by atoms with Crippen LogP contribution in [0.4, 0.5) is 21.5 Å². The van der Waals surface area contributed by atoms with Gasteiger partial charge in [0.25, 0.3) is 0 Å². The molecule has 0 heterocycles. The first-order chi connectivity index (χ1) is 9.92. The van der Waals surface area contributed by atoms with E-state index >= 15 is 0 Å². The van der Waals surface area contributed by atoms with Gasteiger partial charge < -0.3 is 10.3 Å². The third-order valence-corrected chi connectivity index (χ3v) is 3.92. The maximum Gasteiger partial charge on any atom is 0.138 e. The molecule has 0 atom stereocenters. The molecule has 0 spiro atoms. The summed E-state index contributed by atoms with van der Waals surface area (Å²) in [5.41, 5.74) is 5.12. The second-order valence-corrected chi connectivity index (χ2v) is 5.80. The van der Waals surface area contributed by atoms with Crippen molar-refractivity contribution in [3.8, 4) is 0 Å². The van der Waals surface area contributed by atoms with E-state index in [1.165, 1.54) is 12.1 Å². The summed E-state index contributed by atoms with van der Waals surface area (Å²) in [6.45, 7) is 0. The average Bonchev–Trinajstić information content (AvgIpc) is 2.45. The Balaban J connectivity index is 2.42. The molecular formula is C14H15ClFN3S2. The van der Waals surface area contributed by atoms with Gasteiger partial charge in [0.05, 0.1) is 22.1 Å². The molecule has 0 bridgehead atoms. The van der Waals surface area contributed by atoms with Crippen LogP contribution in [-0.2, 0) is 0 Å². The Morgan fingerprint density at radius 2 is 1.86 bits per heavy atom. The molecule has 112 valence electrons. The maximum absolute atomic E-state index is 13.6. The molecule has 2 N–H and O–H groups in total. The molecule has 0 radical (unpaired) electrons. The van der Waals surface area contributed by atoms with E-state index in [4.69, 9.17) is 11.6 Å². The van der Waals surface area contributed by atoms with E-state index in [0.29, 0.717) is 10.7 Å². The lowest BCUT2D eigenvalue weighted by molar-refractivity contribution is 0.603. The van der Waals surface area contributed by atoms with E-state index in [1.54, 1.807) is 7.05 Å². The second kappa shape index (κ2) is 6.79. The highest BCUT2D eigenvalue weighted by Crippen LogP contribution is 2.34. The van der Waals surface area contributed by atoms with Crippen LogP contribution in [-0.4, -0.2) is 14.1 Å². The van der Waals surface area contributed by atoms with Crippen molar-refractivity contribution < 1.29 is 4.39 Å². The van der Waals surface area contributed by atoms with Crippen LogP contribution in [0.25, 0.3) is 0 Å². The van der Waals surface area contributed by atoms with E-state index in [9.17, 15) is 4.39 Å². The van der Waals surface area contributed by atoms with Crippen molar-refractivity contribution in [3.63, 3.8) is 0 Å². The van der Waals surface area contributed by atoms with Gasteiger partial charge in [-0.05, 0) is 30.3 Å².